The Bertz CT molecular complexity index is 80.9. The van der Waals surface area contributed by atoms with Gasteiger partial charge in [-0.3, -0.25) is 0 Å². The van der Waals surface area contributed by atoms with Crippen molar-refractivity contribution in [1.82, 2.24) is 0 Å². The number of unbranched alkanes of at least 4 members (excludes halogenated alkanes) is 1. The third kappa shape index (κ3) is 25.8. The van der Waals surface area contributed by atoms with Gasteiger partial charge in [0.15, 0.2) is 0 Å². The van der Waals surface area contributed by atoms with Crippen LogP contribution in [-0.2, 0) is 0 Å². The topological polar surface area (TPSA) is 0 Å². The molecule has 0 saturated heterocycles. The van der Waals surface area contributed by atoms with Crippen LogP contribution in [0.3, 0.4) is 0 Å². The zero-order valence-corrected chi connectivity index (χ0v) is 7.27. The first-order valence-electron chi connectivity index (χ1n) is 3.26. The largest absolute Gasteiger partial charge is 0.103 e. The van der Waals surface area contributed by atoms with E-state index in [1.54, 1.807) is 6.08 Å². The Labute approximate surface area is 68.9 Å². The van der Waals surface area contributed by atoms with Crippen LogP contribution in [0.2, 0.25) is 0 Å². The predicted molar refractivity (Wildman–Crippen MR) is 50.3 cm³/mol. The molecule has 0 fully saturated rings. The molecule has 0 amide bonds. The summed E-state index contributed by atoms with van der Waals surface area (Å²) in [5, 5.41) is 0. The summed E-state index contributed by atoms with van der Waals surface area (Å²) in [6.07, 6.45) is 7.66. The zero-order chi connectivity index (χ0) is 8.24. The molecule has 0 aromatic rings. The van der Waals surface area contributed by atoms with Crippen molar-refractivity contribution >= 4 is 11.6 Å². The summed E-state index contributed by atoms with van der Waals surface area (Å²) < 4.78 is 0. The van der Waals surface area contributed by atoms with E-state index in [1.165, 1.54) is 5.54 Å². The minimum absolute atomic E-state index is 1.06. The monoisotopic (exact) mass is 158 g/mol. The summed E-state index contributed by atoms with van der Waals surface area (Å²) in [4.78, 5) is 0. The SMILES string of the molecule is C=CCCC=C.CC=CCl. The Morgan fingerprint density at radius 3 is 1.60 bits per heavy atom. The number of hydrogen-bond donors (Lipinski definition) is 0. The highest BCUT2D eigenvalue weighted by atomic mass is 35.5. The second-order valence-electron chi connectivity index (χ2n) is 1.61. The average Bonchev–Trinajstić information content (AvgIpc) is 2.01. The fourth-order valence-corrected chi connectivity index (χ4v) is 0.236. The molecule has 1 heteroatoms. The van der Waals surface area contributed by atoms with Crippen LogP contribution in [0.5, 0.6) is 0 Å². The second-order valence-corrected chi connectivity index (χ2v) is 1.87. The van der Waals surface area contributed by atoms with Gasteiger partial charge in [-0.25, -0.2) is 0 Å². The van der Waals surface area contributed by atoms with Crippen LogP contribution in [0.15, 0.2) is 36.9 Å². The molecule has 0 saturated carbocycles. The van der Waals surface area contributed by atoms with Gasteiger partial charge in [0.1, 0.15) is 0 Å². The number of halogens is 1. The number of allylic oxidation sites excluding steroid dienone is 3. The zero-order valence-electron chi connectivity index (χ0n) is 6.52. The first kappa shape index (κ1) is 12.2. The molecule has 0 rings (SSSR count). The van der Waals surface area contributed by atoms with Crippen molar-refractivity contribution in [3.8, 4) is 0 Å². The van der Waals surface area contributed by atoms with Crippen LogP contribution < -0.4 is 0 Å². The smallest absolute Gasteiger partial charge is 0.0000330 e. The van der Waals surface area contributed by atoms with E-state index in [0.717, 1.165) is 12.8 Å². The molecule has 58 valence electrons. The van der Waals surface area contributed by atoms with Crippen molar-refractivity contribution in [3.63, 3.8) is 0 Å². The molecule has 0 aliphatic heterocycles. The van der Waals surface area contributed by atoms with E-state index in [4.69, 9.17) is 11.6 Å². The van der Waals surface area contributed by atoms with Gasteiger partial charge in [-0.15, -0.1) is 13.2 Å². The lowest BCUT2D eigenvalue weighted by atomic mass is 10.3. The number of hydrogen-bond acceptors (Lipinski definition) is 0. The van der Waals surface area contributed by atoms with Gasteiger partial charge in [0.25, 0.3) is 0 Å². The maximum absolute atomic E-state index is 5.01. The molecule has 10 heavy (non-hydrogen) atoms. The van der Waals surface area contributed by atoms with E-state index in [9.17, 15) is 0 Å². The molecular weight excluding hydrogens is 144 g/mol. The summed E-state index contributed by atoms with van der Waals surface area (Å²) >= 11 is 5.01. The van der Waals surface area contributed by atoms with E-state index >= 15 is 0 Å². The summed E-state index contributed by atoms with van der Waals surface area (Å²) in [5.74, 6) is 0. The van der Waals surface area contributed by atoms with Gasteiger partial charge in [0.05, 0.1) is 0 Å². The van der Waals surface area contributed by atoms with Crippen molar-refractivity contribution in [2.45, 2.75) is 19.8 Å². The van der Waals surface area contributed by atoms with E-state index < -0.39 is 0 Å². The molecular formula is C9H15Cl. The van der Waals surface area contributed by atoms with Crippen LogP contribution in [0, 0.1) is 0 Å². The molecule has 0 aromatic carbocycles. The maximum Gasteiger partial charge on any atom is -0.0000330 e. The Balaban J connectivity index is 0. The normalized spacial score (nSPS) is 8.20. The van der Waals surface area contributed by atoms with Gasteiger partial charge < -0.3 is 0 Å². The molecule has 0 atom stereocenters. The van der Waals surface area contributed by atoms with Gasteiger partial charge in [0, 0.05) is 0 Å². The van der Waals surface area contributed by atoms with Crippen LogP contribution in [0.1, 0.15) is 19.8 Å². The number of rotatable bonds is 3. The minimum Gasteiger partial charge on any atom is -0.103 e. The highest BCUT2D eigenvalue weighted by molar-refractivity contribution is 6.25. The van der Waals surface area contributed by atoms with E-state index in [2.05, 4.69) is 13.2 Å². The molecule has 0 spiro atoms. The van der Waals surface area contributed by atoms with Gasteiger partial charge in [-0.05, 0) is 25.3 Å². The summed E-state index contributed by atoms with van der Waals surface area (Å²) in [5.41, 5.74) is 1.47. The molecule has 0 nitrogen and oxygen atoms in total. The fraction of sp³-hybridized carbons (Fsp3) is 0.333. The van der Waals surface area contributed by atoms with Crippen molar-refractivity contribution in [2.24, 2.45) is 0 Å². The Hall–Kier alpha value is -0.490. The van der Waals surface area contributed by atoms with Crippen molar-refractivity contribution in [1.29, 1.82) is 0 Å². The summed E-state index contributed by atoms with van der Waals surface area (Å²) in [6, 6.07) is 0. The molecule has 0 N–H and O–H groups in total. The highest BCUT2D eigenvalue weighted by Gasteiger charge is 1.66. The molecule has 0 unspecified atom stereocenters. The maximum atomic E-state index is 5.01. The van der Waals surface area contributed by atoms with Gasteiger partial charge in [-0.2, -0.15) is 0 Å². The van der Waals surface area contributed by atoms with E-state index in [0.29, 0.717) is 0 Å². The van der Waals surface area contributed by atoms with E-state index in [1.807, 2.05) is 19.1 Å². The van der Waals surface area contributed by atoms with Crippen molar-refractivity contribution in [2.75, 3.05) is 0 Å². The lowest BCUT2D eigenvalue weighted by molar-refractivity contribution is 1.06. The summed E-state index contributed by atoms with van der Waals surface area (Å²) in [7, 11) is 0. The first-order chi connectivity index (χ1) is 4.83. The average molecular weight is 159 g/mol. The summed E-state index contributed by atoms with van der Waals surface area (Å²) in [6.45, 7) is 8.97. The van der Waals surface area contributed by atoms with E-state index in [-0.39, 0.29) is 0 Å². The predicted octanol–water partition coefficient (Wildman–Crippen LogP) is 3.90. The third-order valence-corrected chi connectivity index (χ3v) is 0.953. The quantitative estimate of drug-likeness (QED) is 0.432. The molecule has 0 aromatic heterocycles. The van der Waals surface area contributed by atoms with Crippen LogP contribution >= 0.6 is 11.6 Å². The molecule has 0 heterocycles. The van der Waals surface area contributed by atoms with Crippen LogP contribution in [0.4, 0.5) is 0 Å². The van der Waals surface area contributed by atoms with Gasteiger partial charge in [0.2, 0.25) is 0 Å². The second kappa shape index (κ2) is 15.8. The Morgan fingerprint density at radius 2 is 1.50 bits per heavy atom. The standard InChI is InChI=1S/C6H10.C3H5Cl/c1-3-5-6-4-2;1-2-3-4/h3-4H,1-2,5-6H2;2-3H,1H3. The molecule has 0 aliphatic carbocycles. The Morgan fingerprint density at radius 1 is 1.20 bits per heavy atom. The lowest BCUT2D eigenvalue weighted by Gasteiger charge is -1.76. The fourth-order valence-electron chi connectivity index (χ4n) is 0.236. The van der Waals surface area contributed by atoms with Crippen LogP contribution in [-0.4, -0.2) is 0 Å². The third-order valence-electron chi connectivity index (χ3n) is 0.701. The van der Waals surface area contributed by atoms with Crippen LogP contribution in [0.25, 0.3) is 0 Å². The minimum atomic E-state index is 1.06. The first-order valence-corrected chi connectivity index (χ1v) is 3.70. The molecule has 0 aliphatic rings. The highest BCUT2D eigenvalue weighted by Crippen LogP contribution is 1.86. The van der Waals surface area contributed by atoms with Gasteiger partial charge >= 0.3 is 0 Å². The molecule has 0 radical (unpaired) electrons. The van der Waals surface area contributed by atoms with Gasteiger partial charge in [-0.1, -0.05) is 29.8 Å². The molecule has 0 bridgehead atoms. The Kier molecular flexibility index (Phi) is 19.3. The van der Waals surface area contributed by atoms with Crippen molar-refractivity contribution in [3.05, 3.63) is 36.9 Å². The van der Waals surface area contributed by atoms with Crippen molar-refractivity contribution < 1.29 is 0 Å². The lowest BCUT2D eigenvalue weighted by Crippen LogP contribution is -1.56.